The molecule has 2 aromatic rings. The van der Waals surface area contributed by atoms with E-state index in [0.717, 1.165) is 30.6 Å². The number of carbonyl (C=O) groups excluding carboxylic acids is 1. The summed E-state index contributed by atoms with van der Waals surface area (Å²) in [7, 11) is 1.61. The normalized spacial score (nSPS) is 17.1. The molecule has 1 aliphatic rings. The van der Waals surface area contributed by atoms with E-state index < -0.39 is 0 Å². The lowest BCUT2D eigenvalue weighted by Gasteiger charge is -2.26. The molecular formula is C18H19ClN2O2. The summed E-state index contributed by atoms with van der Waals surface area (Å²) in [5.74, 6) is 0.715. The Morgan fingerprint density at radius 1 is 1.26 bits per heavy atom. The summed E-state index contributed by atoms with van der Waals surface area (Å²) < 4.78 is 5.19. The third kappa shape index (κ3) is 3.42. The first-order chi connectivity index (χ1) is 11.2. The summed E-state index contributed by atoms with van der Waals surface area (Å²) in [6, 6.07) is 15.0. The van der Waals surface area contributed by atoms with E-state index in [0.29, 0.717) is 10.8 Å². The number of likely N-dealkylation sites (tertiary alicyclic amines) is 1. The summed E-state index contributed by atoms with van der Waals surface area (Å²) in [6.07, 6.45) is 1.90. The number of carbonyl (C=O) groups is 1. The second-order valence-electron chi connectivity index (χ2n) is 5.54. The number of rotatable bonds is 3. The molecule has 1 fully saturated rings. The Kier molecular flexibility index (Phi) is 4.72. The first kappa shape index (κ1) is 15.7. The number of halogens is 1. The van der Waals surface area contributed by atoms with Crippen molar-refractivity contribution < 1.29 is 9.53 Å². The topological polar surface area (TPSA) is 41.6 Å². The third-order valence-electron chi connectivity index (χ3n) is 4.10. The van der Waals surface area contributed by atoms with Crippen molar-refractivity contribution >= 4 is 23.3 Å². The highest BCUT2D eigenvalue weighted by Crippen LogP contribution is 2.36. The zero-order valence-electron chi connectivity index (χ0n) is 13.0. The first-order valence-electron chi connectivity index (χ1n) is 7.65. The molecule has 0 radical (unpaired) electrons. The van der Waals surface area contributed by atoms with Crippen molar-refractivity contribution in [2.45, 2.75) is 18.9 Å². The van der Waals surface area contributed by atoms with E-state index in [2.05, 4.69) is 5.32 Å². The molecule has 2 amide bonds. The summed E-state index contributed by atoms with van der Waals surface area (Å²) >= 11 is 6.30. The molecule has 1 unspecified atom stereocenters. The van der Waals surface area contributed by atoms with Gasteiger partial charge in [0.15, 0.2) is 0 Å². The van der Waals surface area contributed by atoms with Gasteiger partial charge in [0.2, 0.25) is 0 Å². The van der Waals surface area contributed by atoms with Crippen LogP contribution in [0.25, 0.3) is 0 Å². The molecule has 1 heterocycles. The molecule has 0 spiro atoms. The number of methoxy groups -OCH3 is 1. The van der Waals surface area contributed by atoms with Crippen molar-refractivity contribution in [3.63, 3.8) is 0 Å². The Bertz CT molecular complexity index is 705. The van der Waals surface area contributed by atoms with Gasteiger partial charge >= 0.3 is 6.03 Å². The standard InChI is InChI=1S/C18H19ClN2O2/c1-23-14-7-4-6-13(12-14)20-18(22)21-11-5-10-17(21)15-8-2-3-9-16(15)19/h2-4,6-9,12,17H,5,10-11H2,1H3,(H,20,22). The average Bonchev–Trinajstić information content (AvgIpc) is 3.05. The van der Waals surface area contributed by atoms with Crippen LogP contribution in [-0.2, 0) is 0 Å². The van der Waals surface area contributed by atoms with Gasteiger partial charge in [0.05, 0.1) is 13.2 Å². The van der Waals surface area contributed by atoms with Crippen molar-refractivity contribution in [2.24, 2.45) is 0 Å². The molecule has 3 rings (SSSR count). The fourth-order valence-corrected chi connectivity index (χ4v) is 3.24. The van der Waals surface area contributed by atoms with Crippen LogP contribution >= 0.6 is 11.6 Å². The van der Waals surface area contributed by atoms with Crippen molar-refractivity contribution in [3.8, 4) is 5.75 Å². The highest BCUT2D eigenvalue weighted by Gasteiger charge is 2.31. The lowest BCUT2D eigenvalue weighted by molar-refractivity contribution is 0.207. The van der Waals surface area contributed by atoms with Crippen LogP contribution in [0.1, 0.15) is 24.4 Å². The summed E-state index contributed by atoms with van der Waals surface area (Å²) in [5, 5.41) is 3.65. The third-order valence-corrected chi connectivity index (χ3v) is 4.44. The van der Waals surface area contributed by atoms with E-state index in [1.54, 1.807) is 13.2 Å². The second kappa shape index (κ2) is 6.92. The molecule has 2 aromatic carbocycles. The lowest BCUT2D eigenvalue weighted by Crippen LogP contribution is -2.34. The minimum Gasteiger partial charge on any atom is -0.497 e. The van der Waals surface area contributed by atoms with E-state index in [1.165, 1.54) is 0 Å². The number of hydrogen-bond donors (Lipinski definition) is 1. The van der Waals surface area contributed by atoms with Gasteiger partial charge in [0.25, 0.3) is 0 Å². The van der Waals surface area contributed by atoms with Gasteiger partial charge in [-0.1, -0.05) is 35.9 Å². The quantitative estimate of drug-likeness (QED) is 0.884. The van der Waals surface area contributed by atoms with Crippen LogP contribution < -0.4 is 10.1 Å². The van der Waals surface area contributed by atoms with Crippen molar-refractivity contribution in [1.82, 2.24) is 4.90 Å². The molecule has 1 atom stereocenters. The molecule has 1 N–H and O–H groups in total. The van der Waals surface area contributed by atoms with Crippen LogP contribution in [0.4, 0.5) is 10.5 Å². The largest absolute Gasteiger partial charge is 0.497 e. The van der Waals surface area contributed by atoms with Crippen molar-refractivity contribution in [3.05, 3.63) is 59.1 Å². The maximum atomic E-state index is 12.6. The van der Waals surface area contributed by atoms with E-state index >= 15 is 0 Å². The molecule has 0 bridgehead atoms. The van der Waals surface area contributed by atoms with E-state index in [9.17, 15) is 4.79 Å². The monoisotopic (exact) mass is 330 g/mol. The van der Waals surface area contributed by atoms with Crippen LogP contribution in [0, 0.1) is 0 Å². The van der Waals surface area contributed by atoms with Gasteiger partial charge in [-0.25, -0.2) is 4.79 Å². The predicted octanol–water partition coefficient (Wildman–Crippen LogP) is 4.72. The van der Waals surface area contributed by atoms with Crippen LogP contribution in [0.15, 0.2) is 48.5 Å². The number of anilines is 1. The van der Waals surface area contributed by atoms with E-state index in [-0.39, 0.29) is 12.1 Å². The highest BCUT2D eigenvalue weighted by atomic mass is 35.5. The molecule has 1 aliphatic heterocycles. The van der Waals surface area contributed by atoms with Crippen LogP contribution in [0.3, 0.4) is 0 Å². The molecule has 23 heavy (non-hydrogen) atoms. The smallest absolute Gasteiger partial charge is 0.322 e. The summed E-state index contributed by atoms with van der Waals surface area (Å²) in [4.78, 5) is 14.5. The number of amides is 2. The number of nitrogens with one attached hydrogen (secondary N) is 1. The highest BCUT2D eigenvalue weighted by molar-refractivity contribution is 6.31. The first-order valence-corrected chi connectivity index (χ1v) is 8.03. The predicted molar refractivity (Wildman–Crippen MR) is 92.1 cm³/mol. The molecule has 5 heteroatoms. The van der Waals surface area contributed by atoms with Crippen molar-refractivity contribution in [1.29, 1.82) is 0 Å². The fourth-order valence-electron chi connectivity index (χ4n) is 2.97. The molecule has 0 aromatic heterocycles. The molecule has 1 saturated heterocycles. The zero-order chi connectivity index (χ0) is 16.2. The van der Waals surface area contributed by atoms with Crippen molar-refractivity contribution in [2.75, 3.05) is 19.0 Å². The summed E-state index contributed by atoms with van der Waals surface area (Å²) in [6.45, 7) is 0.728. The van der Waals surface area contributed by atoms with Crippen LogP contribution in [-0.4, -0.2) is 24.6 Å². The molecule has 0 aliphatic carbocycles. The SMILES string of the molecule is COc1cccc(NC(=O)N2CCCC2c2ccccc2Cl)c1. The maximum absolute atomic E-state index is 12.6. The lowest BCUT2D eigenvalue weighted by atomic mass is 10.0. The van der Waals surface area contributed by atoms with Crippen LogP contribution in [0.2, 0.25) is 5.02 Å². The molecular weight excluding hydrogens is 312 g/mol. The Hall–Kier alpha value is -2.20. The number of ether oxygens (including phenoxy) is 1. The van der Waals surface area contributed by atoms with Gasteiger partial charge in [-0.3, -0.25) is 0 Å². The number of urea groups is 1. The Morgan fingerprint density at radius 3 is 2.87 bits per heavy atom. The maximum Gasteiger partial charge on any atom is 0.322 e. The average molecular weight is 331 g/mol. The second-order valence-corrected chi connectivity index (χ2v) is 5.94. The van der Waals surface area contributed by atoms with Gasteiger partial charge < -0.3 is 15.0 Å². The molecule has 120 valence electrons. The Morgan fingerprint density at radius 2 is 2.09 bits per heavy atom. The number of nitrogens with zero attached hydrogens (tertiary/aromatic N) is 1. The number of hydrogen-bond acceptors (Lipinski definition) is 2. The Balaban J connectivity index is 1.77. The molecule has 0 saturated carbocycles. The van der Waals surface area contributed by atoms with Crippen LogP contribution in [0.5, 0.6) is 5.75 Å². The van der Waals surface area contributed by atoms with Gasteiger partial charge in [-0.2, -0.15) is 0 Å². The van der Waals surface area contributed by atoms with Gasteiger partial charge in [-0.05, 0) is 36.6 Å². The zero-order valence-corrected chi connectivity index (χ0v) is 13.7. The van der Waals surface area contributed by atoms with Gasteiger partial charge in [0.1, 0.15) is 5.75 Å². The van der Waals surface area contributed by atoms with E-state index in [1.807, 2.05) is 47.4 Å². The fraction of sp³-hybridized carbons (Fsp3) is 0.278. The van der Waals surface area contributed by atoms with Gasteiger partial charge in [-0.15, -0.1) is 0 Å². The molecule has 4 nitrogen and oxygen atoms in total. The Labute approximate surface area is 141 Å². The minimum atomic E-state index is -0.110. The van der Waals surface area contributed by atoms with E-state index in [4.69, 9.17) is 16.3 Å². The van der Waals surface area contributed by atoms with Gasteiger partial charge in [0, 0.05) is 23.3 Å². The number of benzene rings is 2. The summed E-state index contributed by atoms with van der Waals surface area (Å²) in [5.41, 5.74) is 1.73. The minimum absolute atomic E-state index is 0.0225.